The van der Waals surface area contributed by atoms with Gasteiger partial charge < -0.3 is 9.84 Å². The van der Waals surface area contributed by atoms with Crippen molar-refractivity contribution >= 4 is 11.8 Å². The summed E-state index contributed by atoms with van der Waals surface area (Å²) in [6.45, 7) is 2.03. The lowest BCUT2D eigenvalue weighted by molar-refractivity contribution is 0.0648. The van der Waals surface area contributed by atoms with Crippen LogP contribution < -0.4 is 4.74 Å². The van der Waals surface area contributed by atoms with E-state index in [0.29, 0.717) is 0 Å². The molecule has 0 saturated heterocycles. The van der Waals surface area contributed by atoms with Gasteiger partial charge in [-0.3, -0.25) is 0 Å². The van der Waals surface area contributed by atoms with Crippen LogP contribution in [-0.4, -0.2) is 23.2 Å². The Morgan fingerprint density at radius 3 is 3.06 bits per heavy atom. The molecule has 1 heterocycles. The maximum atomic E-state index is 10.1. The third-order valence-electron chi connectivity index (χ3n) is 2.95. The average molecular weight is 238 g/mol. The molecule has 1 aliphatic rings. The minimum Gasteiger partial charge on any atom is -0.490 e. The van der Waals surface area contributed by atoms with Gasteiger partial charge in [0.25, 0.3) is 0 Å². The molecule has 2 rings (SSSR count). The van der Waals surface area contributed by atoms with Crippen molar-refractivity contribution in [3.63, 3.8) is 0 Å². The molecule has 88 valence electrons. The van der Waals surface area contributed by atoms with E-state index in [0.717, 1.165) is 29.9 Å². The Kier molecular flexibility index (Phi) is 3.77. The predicted molar refractivity (Wildman–Crippen MR) is 68.2 cm³/mol. The number of aliphatic hydroxyl groups is 1. The maximum Gasteiger partial charge on any atom is 0.125 e. The molecule has 0 bridgehead atoms. The van der Waals surface area contributed by atoms with Crippen LogP contribution in [0.4, 0.5) is 0 Å². The molecule has 1 N–H and O–H groups in total. The first kappa shape index (κ1) is 11.8. The summed E-state index contributed by atoms with van der Waals surface area (Å²) >= 11 is 1.82. The number of aryl methyl sites for hydroxylation is 1. The van der Waals surface area contributed by atoms with Gasteiger partial charge in [-0.2, -0.15) is 11.8 Å². The van der Waals surface area contributed by atoms with Crippen molar-refractivity contribution in [2.24, 2.45) is 0 Å². The van der Waals surface area contributed by atoms with E-state index in [2.05, 4.69) is 6.26 Å². The molecule has 1 aromatic rings. The molecule has 1 aliphatic heterocycles. The fourth-order valence-corrected chi connectivity index (χ4v) is 2.56. The highest BCUT2D eigenvalue weighted by Gasteiger charge is 2.26. The van der Waals surface area contributed by atoms with Gasteiger partial charge in [-0.15, -0.1) is 0 Å². The van der Waals surface area contributed by atoms with E-state index in [1.165, 1.54) is 5.56 Å². The average Bonchev–Trinajstić information content (AvgIpc) is 2.27. The van der Waals surface area contributed by atoms with Crippen LogP contribution in [0.15, 0.2) is 18.2 Å². The number of benzene rings is 1. The van der Waals surface area contributed by atoms with Gasteiger partial charge in [0, 0.05) is 12.0 Å². The van der Waals surface area contributed by atoms with Crippen LogP contribution in [0.5, 0.6) is 5.75 Å². The van der Waals surface area contributed by atoms with E-state index in [1.807, 2.05) is 36.9 Å². The zero-order valence-electron chi connectivity index (χ0n) is 9.77. The Balaban J connectivity index is 2.13. The van der Waals surface area contributed by atoms with Crippen molar-refractivity contribution in [1.82, 2.24) is 0 Å². The molecule has 2 atom stereocenters. The monoisotopic (exact) mass is 238 g/mol. The van der Waals surface area contributed by atoms with E-state index < -0.39 is 0 Å². The summed E-state index contributed by atoms with van der Waals surface area (Å²) in [5, 5.41) is 10.1. The van der Waals surface area contributed by atoms with E-state index in [-0.39, 0.29) is 12.2 Å². The molecular weight excluding hydrogens is 220 g/mol. The highest BCUT2D eigenvalue weighted by Crippen LogP contribution is 2.36. The first-order valence-electron chi connectivity index (χ1n) is 5.65. The number of aliphatic hydroxyl groups excluding tert-OH is 1. The summed E-state index contributed by atoms with van der Waals surface area (Å²) in [4.78, 5) is 0. The molecule has 0 aliphatic carbocycles. The standard InChI is InChI=1S/C13H18O2S/c1-9-3-4-13-11(7-9)12(14)8-10(15-13)5-6-16-2/h3-4,7,10,12,14H,5-6,8H2,1-2H3/t10?,12-/m1/s1. The zero-order valence-corrected chi connectivity index (χ0v) is 10.6. The van der Waals surface area contributed by atoms with Crippen molar-refractivity contribution in [2.45, 2.75) is 32.0 Å². The van der Waals surface area contributed by atoms with Crippen LogP contribution in [0.3, 0.4) is 0 Å². The van der Waals surface area contributed by atoms with E-state index in [1.54, 1.807) is 0 Å². The molecule has 16 heavy (non-hydrogen) atoms. The van der Waals surface area contributed by atoms with Crippen molar-refractivity contribution < 1.29 is 9.84 Å². The maximum absolute atomic E-state index is 10.1. The lowest BCUT2D eigenvalue weighted by Gasteiger charge is -2.29. The van der Waals surface area contributed by atoms with Crippen LogP contribution >= 0.6 is 11.8 Å². The van der Waals surface area contributed by atoms with Crippen molar-refractivity contribution in [2.75, 3.05) is 12.0 Å². The van der Waals surface area contributed by atoms with Crippen LogP contribution in [0.1, 0.15) is 30.1 Å². The Hall–Kier alpha value is -0.670. The molecule has 2 nitrogen and oxygen atoms in total. The second-order valence-electron chi connectivity index (χ2n) is 4.31. The molecule has 1 aromatic carbocycles. The largest absolute Gasteiger partial charge is 0.490 e. The number of rotatable bonds is 3. The second-order valence-corrected chi connectivity index (χ2v) is 5.30. The predicted octanol–water partition coefficient (Wildman–Crippen LogP) is 2.93. The van der Waals surface area contributed by atoms with Gasteiger partial charge in [0.1, 0.15) is 11.9 Å². The van der Waals surface area contributed by atoms with E-state index in [9.17, 15) is 5.11 Å². The molecule has 0 saturated carbocycles. The van der Waals surface area contributed by atoms with E-state index >= 15 is 0 Å². The minimum atomic E-state index is -0.365. The minimum absolute atomic E-state index is 0.164. The first-order chi connectivity index (χ1) is 7.70. The lowest BCUT2D eigenvalue weighted by Crippen LogP contribution is -2.26. The SMILES string of the molecule is CSCCC1C[C@@H](O)c2cc(C)ccc2O1. The Labute approximate surface area is 101 Å². The van der Waals surface area contributed by atoms with Crippen molar-refractivity contribution in [3.8, 4) is 5.75 Å². The molecule has 0 fully saturated rings. The highest BCUT2D eigenvalue weighted by molar-refractivity contribution is 7.98. The highest BCUT2D eigenvalue weighted by atomic mass is 32.2. The van der Waals surface area contributed by atoms with Crippen LogP contribution in [0, 0.1) is 6.92 Å². The summed E-state index contributed by atoms with van der Waals surface area (Å²) < 4.78 is 5.89. The quantitative estimate of drug-likeness (QED) is 0.878. The Bertz CT molecular complexity index is 365. The van der Waals surface area contributed by atoms with Gasteiger partial charge >= 0.3 is 0 Å². The van der Waals surface area contributed by atoms with Crippen LogP contribution in [0.25, 0.3) is 0 Å². The number of thioether (sulfide) groups is 1. The molecule has 0 amide bonds. The van der Waals surface area contributed by atoms with E-state index in [4.69, 9.17) is 4.74 Å². The Morgan fingerprint density at radius 2 is 2.31 bits per heavy atom. The second kappa shape index (κ2) is 5.11. The molecule has 0 aromatic heterocycles. The Morgan fingerprint density at radius 1 is 1.50 bits per heavy atom. The smallest absolute Gasteiger partial charge is 0.125 e. The summed E-state index contributed by atoms with van der Waals surface area (Å²) in [7, 11) is 0. The number of hydrogen-bond acceptors (Lipinski definition) is 3. The normalized spacial score (nSPS) is 23.7. The summed E-state index contributed by atoms with van der Waals surface area (Å²) in [5.74, 6) is 1.94. The van der Waals surface area contributed by atoms with Gasteiger partial charge in [-0.1, -0.05) is 11.6 Å². The third-order valence-corrected chi connectivity index (χ3v) is 3.59. The molecule has 3 heteroatoms. The van der Waals surface area contributed by atoms with Crippen molar-refractivity contribution in [1.29, 1.82) is 0 Å². The summed E-state index contributed by atoms with van der Waals surface area (Å²) in [6, 6.07) is 6.02. The van der Waals surface area contributed by atoms with Gasteiger partial charge in [-0.25, -0.2) is 0 Å². The fraction of sp³-hybridized carbons (Fsp3) is 0.538. The first-order valence-corrected chi connectivity index (χ1v) is 7.04. The zero-order chi connectivity index (χ0) is 11.5. The summed E-state index contributed by atoms with van der Waals surface area (Å²) in [6.07, 6.45) is 3.62. The lowest BCUT2D eigenvalue weighted by atomic mass is 9.96. The third kappa shape index (κ3) is 2.53. The van der Waals surface area contributed by atoms with Crippen molar-refractivity contribution in [3.05, 3.63) is 29.3 Å². The fourth-order valence-electron chi connectivity index (χ4n) is 2.07. The van der Waals surface area contributed by atoms with Gasteiger partial charge in [0.15, 0.2) is 0 Å². The molecule has 0 spiro atoms. The van der Waals surface area contributed by atoms with Gasteiger partial charge in [0.2, 0.25) is 0 Å². The van der Waals surface area contributed by atoms with Crippen LogP contribution in [0.2, 0.25) is 0 Å². The molecule has 0 radical (unpaired) electrons. The van der Waals surface area contributed by atoms with Crippen LogP contribution in [-0.2, 0) is 0 Å². The number of fused-ring (bicyclic) bond motifs is 1. The molecule has 1 unspecified atom stereocenters. The summed E-state index contributed by atoms with van der Waals surface area (Å²) in [5.41, 5.74) is 2.12. The molecular formula is C13H18O2S. The van der Waals surface area contributed by atoms with Gasteiger partial charge in [0.05, 0.1) is 6.10 Å². The van der Waals surface area contributed by atoms with Gasteiger partial charge in [-0.05, 0) is 37.5 Å². The number of hydrogen-bond donors (Lipinski definition) is 1. The number of ether oxygens (including phenoxy) is 1. The topological polar surface area (TPSA) is 29.5 Å².